The van der Waals surface area contributed by atoms with Crippen molar-refractivity contribution >= 4 is 5.82 Å². The van der Waals surface area contributed by atoms with Crippen molar-refractivity contribution in [3.8, 4) is 0 Å². The van der Waals surface area contributed by atoms with Crippen LogP contribution in [0, 0.1) is 0 Å². The van der Waals surface area contributed by atoms with E-state index in [1.165, 1.54) is 43.4 Å². The molecule has 4 heteroatoms. The predicted octanol–water partition coefficient (Wildman–Crippen LogP) is 3.56. The van der Waals surface area contributed by atoms with Crippen LogP contribution in [0.3, 0.4) is 0 Å². The maximum absolute atomic E-state index is 5.42. The lowest BCUT2D eigenvalue weighted by molar-refractivity contribution is 0.0159. The molecule has 0 atom stereocenters. The third kappa shape index (κ3) is 6.48. The first-order valence-corrected chi connectivity index (χ1v) is 9.09. The van der Waals surface area contributed by atoms with Crippen LogP contribution in [0.25, 0.3) is 0 Å². The average Bonchev–Trinajstić information content (AvgIpc) is 2.57. The minimum atomic E-state index is -0.0147. The number of pyridine rings is 1. The Morgan fingerprint density at radius 1 is 1.22 bits per heavy atom. The van der Waals surface area contributed by atoms with Gasteiger partial charge in [-0.3, -0.25) is 0 Å². The molecule has 0 aliphatic carbocycles. The Morgan fingerprint density at radius 2 is 2.09 bits per heavy atom. The molecule has 0 fully saturated rings. The number of hydrogen-bond donors (Lipinski definition) is 2. The normalized spacial score (nSPS) is 14.4. The Balaban J connectivity index is 1.54. The van der Waals surface area contributed by atoms with Gasteiger partial charge in [0.05, 0.1) is 5.60 Å². The zero-order valence-corrected chi connectivity index (χ0v) is 15.1. The number of anilines is 1. The molecule has 0 amide bonds. The summed E-state index contributed by atoms with van der Waals surface area (Å²) in [6.45, 7) is 7.46. The number of hydrogen-bond acceptors (Lipinski definition) is 4. The molecule has 23 heavy (non-hydrogen) atoms. The van der Waals surface area contributed by atoms with Gasteiger partial charge in [-0.25, -0.2) is 4.98 Å². The number of nitrogens with one attached hydrogen (secondary N) is 2. The van der Waals surface area contributed by atoms with Crippen molar-refractivity contribution in [3.63, 3.8) is 0 Å². The highest BCUT2D eigenvalue weighted by molar-refractivity contribution is 5.46. The minimum absolute atomic E-state index is 0.0147. The molecular weight excluding hydrogens is 286 g/mol. The summed E-state index contributed by atoms with van der Waals surface area (Å²) in [5.74, 6) is 1.12. The number of aryl methyl sites for hydroxylation is 2. The van der Waals surface area contributed by atoms with Gasteiger partial charge in [0.1, 0.15) is 5.82 Å². The van der Waals surface area contributed by atoms with Crippen LogP contribution < -0.4 is 10.6 Å². The number of fused-ring (bicyclic) bond motifs is 1. The van der Waals surface area contributed by atoms with Crippen LogP contribution in [0.15, 0.2) is 12.1 Å². The number of ether oxygens (including phenoxy) is 1. The van der Waals surface area contributed by atoms with E-state index in [0.717, 1.165) is 38.3 Å². The van der Waals surface area contributed by atoms with E-state index in [4.69, 9.17) is 9.72 Å². The lowest BCUT2D eigenvalue weighted by atomic mass is 10.1. The largest absolute Gasteiger partial charge is 0.379 e. The zero-order valence-electron chi connectivity index (χ0n) is 15.1. The second-order valence-electron chi connectivity index (χ2n) is 7.12. The van der Waals surface area contributed by atoms with Crippen LogP contribution in [-0.2, 0) is 17.6 Å². The van der Waals surface area contributed by atoms with Crippen LogP contribution >= 0.6 is 0 Å². The first-order valence-electron chi connectivity index (χ1n) is 9.09. The topological polar surface area (TPSA) is 46.2 Å². The van der Waals surface area contributed by atoms with Crippen molar-refractivity contribution in [2.45, 2.75) is 64.4 Å². The summed E-state index contributed by atoms with van der Waals surface area (Å²) in [5, 5.41) is 6.92. The van der Waals surface area contributed by atoms with Crippen LogP contribution in [0.5, 0.6) is 0 Å². The van der Waals surface area contributed by atoms with Gasteiger partial charge in [-0.1, -0.05) is 12.5 Å². The maximum Gasteiger partial charge on any atom is 0.129 e. The summed E-state index contributed by atoms with van der Waals surface area (Å²) in [7, 11) is 1.78. The standard InChI is InChI=1S/C19H33N3O/c1-19(2,23-3)12-15-20-13-6-4-5-9-17-11-10-16-8-7-14-21-18(16)22-17/h10-11,20H,4-9,12-15H2,1-3H3,(H,21,22). The van der Waals surface area contributed by atoms with Gasteiger partial charge in [-0.2, -0.15) is 0 Å². The van der Waals surface area contributed by atoms with Crippen molar-refractivity contribution in [2.24, 2.45) is 0 Å². The molecule has 0 bridgehead atoms. The summed E-state index contributed by atoms with van der Waals surface area (Å²) in [5.41, 5.74) is 2.59. The molecule has 2 N–H and O–H groups in total. The highest BCUT2D eigenvalue weighted by Gasteiger charge is 2.14. The van der Waals surface area contributed by atoms with Crippen LogP contribution in [0.2, 0.25) is 0 Å². The van der Waals surface area contributed by atoms with Gasteiger partial charge < -0.3 is 15.4 Å². The molecule has 2 rings (SSSR count). The molecule has 0 radical (unpaired) electrons. The lowest BCUT2D eigenvalue weighted by Gasteiger charge is -2.22. The average molecular weight is 319 g/mol. The number of nitrogens with zero attached hydrogens (tertiary/aromatic N) is 1. The Bertz CT molecular complexity index is 474. The van der Waals surface area contributed by atoms with Gasteiger partial charge in [0.2, 0.25) is 0 Å². The highest BCUT2D eigenvalue weighted by Crippen LogP contribution is 2.20. The molecule has 1 aromatic rings. The summed E-state index contributed by atoms with van der Waals surface area (Å²) in [4.78, 5) is 4.76. The molecule has 0 saturated heterocycles. The second-order valence-corrected chi connectivity index (χ2v) is 7.12. The molecule has 0 unspecified atom stereocenters. The van der Waals surface area contributed by atoms with Crippen molar-refractivity contribution < 1.29 is 4.74 Å². The van der Waals surface area contributed by atoms with E-state index in [9.17, 15) is 0 Å². The van der Waals surface area contributed by atoms with E-state index >= 15 is 0 Å². The van der Waals surface area contributed by atoms with Gasteiger partial charge in [0, 0.05) is 19.3 Å². The van der Waals surface area contributed by atoms with Gasteiger partial charge >= 0.3 is 0 Å². The van der Waals surface area contributed by atoms with E-state index in [1.807, 2.05) is 0 Å². The number of aromatic nitrogens is 1. The van der Waals surface area contributed by atoms with Crippen LogP contribution in [0.1, 0.15) is 57.2 Å². The highest BCUT2D eigenvalue weighted by atomic mass is 16.5. The smallest absolute Gasteiger partial charge is 0.129 e. The Labute approximate surface area is 141 Å². The molecule has 0 aromatic carbocycles. The van der Waals surface area contributed by atoms with E-state index in [2.05, 4.69) is 36.6 Å². The van der Waals surface area contributed by atoms with Gasteiger partial charge in [0.25, 0.3) is 0 Å². The summed E-state index contributed by atoms with van der Waals surface area (Å²) >= 11 is 0. The molecule has 0 spiro atoms. The van der Waals surface area contributed by atoms with E-state index in [0.29, 0.717) is 0 Å². The molecule has 4 nitrogen and oxygen atoms in total. The number of methoxy groups -OCH3 is 1. The van der Waals surface area contributed by atoms with Crippen molar-refractivity contribution in [1.29, 1.82) is 0 Å². The zero-order chi connectivity index (χ0) is 16.5. The monoisotopic (exact) mass is 319 g/mol. The molecule has 1 aliphatic rings. The summed E-state index contributed by atoms with van der Waals surface area (Å²) in [6.07, 6.45) is 8.24. The minimum Gasteiger partial charge on any atom is -0.379 e. The Kier molecular flexibility index (Phi) is 7.31. The Hall–Kier alpha value is -1.13. The van der Waals surface area contributed by atoms with Crippen LogP contribution in [-0.4, -0.2) is 37.3 Å². The van der Waals surface area contributed by atoms with Gasteiger partial charge in [0.15, 0.2) is 0 Å². The van der Waals surface area contributed by atoms with E-state index in [1.54, 1.807) is 7.11 Å². The fourth-order valence-corrected chi connectivity index (χ4v) is 2.86. The van der Waals surface area contributed by atoms with Crippen molar-refractivity contribution in [1.82, 2.24) is 10.3 Å². The predicted molar refractivity (Wildman–Crippen MR) is 97.2 cm³/mol. The van der Waals surface area contributed by atoms with Crippen LogP contribution in [0.4, 0.5) is 5.82 Å². The second kappa shape index (κ2) is 9.24. The summed E-state index contributed by atoms with van der Waals surface area (Å²) < 4.78 is 5.42. The Morgan fingerprint density at radius 3 is 2.91 bits per heavy atom. The number of rotatable bonds is 10. The molecule has 1 aromatic heterocycles. The SMILES string of the molecule is COC(C)(C)CCNCCCCCc1ccc2c(n1)NCCC2. The van der Waals surface area contributed by atoms with Gasteiger partial charge in [-0.15, -0.1) is 0 Å². The fourth-order valence-electron chi connectivity index (χ4n) is 2.86. The molecule has 2 heterocycles. The van der Waals surface area contributed by atoms with E-state index in [-0.39, 0.29) is 5.60 Å². The lowest BCUT2D eigenvalue weighted by Crippen LogP contribution is -2.29. The van der Waals surface area contributed by atoms with E-state index < -0.39 is 0 Å². The molecule has 1 aliphatic heterocycles. The third-order valence-corrected chi connectivity index (χ3v) is 4.69. The molecule has 130 valence electrons. The quantitative estimate of drug-likeness (QED) is 0.647. The maximum atomic E-state index is 5.42. The summed E-state index contributed by atoms with van der Waals surface area (Å²) in [6, 6.07) is 4.46. The van der Waals surface area contributed by atoms with Crippen molar-refractivity contribution in [3.05, 3.63) is 23.4 Å². The first-order chi connectivity index (χ1) is 11.1. The first kappa shape index (κ1) is 18.2. The fraction of sp³-hybridized carbons (Fsp3) is 0.737. The third-order valence-electron chi connectivity index (χ3n) is 4.69. The number of unbranched alkanes of at least 4 members (excludes halogenated alkanes) is 2. The molecular formula is C19H33N3O. The van der Waals surface area contributed by atoms with Crippen molar-refractivity contribution in [2.75, 3.05) is 32.1 Å². The van der Waals surface area contributed by atoms with Gasteiger partial charge in [-0.05, 0) is 77.1 Å². The molecule has 0 saturated carbocycles.